The summed E-state index contributed by atoms with van der Waals surface area (Å²) in [5, 5.41) is 2.64. The first-order chi connectivity index (χ1) is 10.5. The topological polar surface area (TPSA) is 84.7 Å². The molecule has 0 aromatic heterocycles. The molecular formula is C15H20FN3O3. The van der Waals surface area contributed by atoms with Crippen molar-refractivity contribution < 1.29 is 18.7 Å². The van der Waals surface area contributed by atoms with Crippen molar-refractivity contribution in [3.8, 4) is 0 Å². The maximum absolute atomic E-state index is 14.0. The molecule has 22 heavy (non-hydrogen) atoms. The van der Waals surface area contributed by atoms with E-state index in [2.05, 4.69) is 10.1 Å². The predicted octanol–water partition coefficient (Wildman–Crippen LogP) is 1.16. The van der Waals surface area contributed by atoms with Gasteiger partial charge in [-0.15, -0.1) is 0 Å². The molecule has 1 saturated heterocycles. The van der Waals surface area contributed by atoms with Gasteiger partial charge in [0.05, 0.1) is 24.0 Å². The molecule has 120 valence electrons. The Morgan fingerprint density at radius 3 is 2.55 bits per heavy atom. The van der Waals surface area contributed by atoms with Crippen molar-refractivity contribution in [2.45, 2.75) is 12.8 Å². The van der Waals surface area contributed by atoms with Gasteiger partial charge in [0.1, 0.15) is 5.82 Å². The lowest BCUT2D eigenvalue weighted by Crippen LogP contribution is -2.39. The number of hydrogen-bond donors (Lipinski definition) is 2. The second-order valence-electron chi connectivity index (χ2n) is 5.26. The number of ether oxygens (including phenoxy) is 1. The van der Waals surface area contributed by atoms with Crippen molar-refractivity contribution >= 4 is 23.3 Å². The summed E-state index contributed by atoms with van der Waals surface area (Å²) in [6.07, 6.45) is 1.36. The minimum atomic E-state index is -0.755. The van der Waals surface area contributed by atoms with Gasteiger partial charge in [-0.25, -0.2) is 9.18 Å². The quantitative estimate of drug-likeness (QED) is 0.646. The van der Waals surface area contributed by atoms with E-state index in [1.807, 2.05) is 4.90 Å². The fourth-order valence-corrected chi connectivity index (χ4v) is 2.71. The van der Waals surface area contributed by atoms with Gasteiger partial charge in [0.2, 0.25) is 5.91 Å². The van der Waals surface area contributed by atoms with Crippen LogP contribution in [0.4, 0.5) is 15.8 Å². The molecule has 1 amide bonds. The van der Waals surface area contributed by atoms with E-state index < -0.39 is 11.8 Å². The normalized spacial score (nSPS) is 15.5. The van der Waals surface area contributed by atoms with E-state index in [-0.39, 0.29) is 17.4 Å². The second kappa shape index (κ2) is 6.64. The third kappa shape index (κ3) is 3.13. The number of nitrogens with one attached hydrogen (secondary N) is 1. The van der Waals surface area contributed by atoms with Crippen LogP contribution in [-0.2, 0) is 9.53 Å². The molecule has 1 aliphatic heterocycles. The van der Waals surface area contributed by atoms with Gasteiger partial charge in [-0.3, -0.25) is 4.79 Å². The number of benzene rings is 1. The average molecular weight is 309 g/mol. The van der Waals surface area contributed by atoms with Crippen LogP contribution >= 0.6 is 0 Å². The highest BCUT2D eigenvalue weighted by Crippen LogP contribution is 2.30. The minimum Gasteiger partial charge on any atom is -0.465 e. The molecule has 0 spiro atoms. The van der Waals surface area contributed by atoms with Gasteiger partial charge < -0.3 is 20.7 Å². The molecule has 1 aromatic carbocycles. The van der Waals surface area contributed by atoms with Crippen LogP contribution in [0.15, 0.2) is 12.1 Å². The summed E-state index contributed by atoms with van der Waals surface area (Å²) >= 11 is 0. The molecule has 7 heteroatoms. The molecule has 0 bridgehead atoms. The van der Waals surface area contributed by atoms with E-state index in [4.69, 9.17) is 5.73 Å². The van der Waals surface area contributed by atoms with Gasteiger partial charge in [-0.1, -0.05) is 0 Å². The molecule has 1 aromatic rings. The Bertz CT molecular complexity index is 584. The Labute approximate surface area is 128 Å². The summed E-state index contributed by atoms with van der Waals surface area (Å²) in [6.45, 7) is 1.22. The first-order valence-corrected chi connectivity index (χ1v) is 7.11. The first kappa shape index (κ1) is 16.1. The zero-order chi connectivity index (χ0) is 16.3. The van der Waals surface area contributed by atoms with Gasteiger partial charge in [0.25, 0.3) is 0 Å². The second-order valence-corrected chi connectivity index (χ2v) is 5.26. The standard InChI is InChI=1S/C15H20FN3O3/c1-18-14(20)9-3-5-19(6-4-9)13-8-11(16)10(7-12(13)17)15(21)22-2/h7-9H,3-6,17H2,1-2H3,(H,18,20). The molecular weight excluding hydrogens is 289 g/mol. The van der Waals surface area contributed by atoms with Gasteiger partial charge in [-0.05, 0) is 18.9 Å². The van der Waals surface area contributed by atoms with Crippen LogP contribution in [0.5, 0.6) is 0 Å². The Morgan fingerprint density at radius 2 is 2.00 bits per heavy atom. The van der Waals surface area contributed by atoms with Crippen LogP contribution in [-0.4, -0.2) is 39.1 Å². The Morgan fingerprint density at radius 1 is 1.36 bits per heavy atom. The number of rotatable bonds is 3. The number of nitrogen functional groups attached to an aromatic ring is 1. The van der Waals surface area contributed by atoms with E-state index in [9.17, 15) is 14.0 Å². The number of methoxy groups -OCH3 is 1. The monoisotopic (exact) mass is 309 g/mol. The Hall–Kier alpha value is -2.31. The van der Waals surface area contributed by atoms with Crippen molar-refractivity contribution in [2.75, 3.05) is 37.9 Å². The number of anilines is 2. The molecule has 0 atom stereocenters. The lowest BCUT2D eigenvalue weighted by atomic mass is 9.95. The van der Waals surface area contributed by atoms with Crippen molar-refractivity contribution in [3.63, 3.8) is 0 Å². The maximum Gasteiger partial charge on any atom is 0.340 e. The minimum absolute atomic E-state index is 0.0262. The van der Waals surface area contributed by atoms with Crippen molar-refractivity contribution in [3.05, 3.63) is 23.5 Å². The summed E-state index contributed by atoms with van der Waals surface area (Å²) in [6, 6.07) is 2.54. The molecule has 2 rings (SSSR count). The SMILES string of the molecule is CNC(=O)C1CCN(c2cc(F)c(C(=O)OC)cc2N)CC1. The number of carbonyl (C=O) groups excluding carboxylic acids is 2. The zero-order valence-electron chi connectivity index (χ0n) is 12.7. The number of nitrogens with two attached hydrogens (primary N) is 1. The third-order valence-corrected chi connectivity index (χ3v) is 3.97. The van der Waals surface area contributed by atoms with E-state index in [0.29, 0.717) is 37.3 Å². The van der Waals surface area contributed by atoms with E-state index in [1.54, 1.807) is 7.05 Å². The lowest BCUT2D eigenvalue weighted by molar-refractivity contribution is -0.125. The number of halogens is 1. The molecule has 0 unspecified atom stereocenters. The molecule has 0 aliphatic carbocycles. The Kier molecular flexibility index (Phi) is 4.85. The first-order valence-electron chi connectivity index (χ1n) is 7.11. The number of hydrogen-bond acceptors (Lipinski definition) is 5. The summed E-state index contributed by atoms with van der Waals surface area (Å²) < 4.78 is 18.6. The van der Waals surface area contributed by atoms with Crippen LogP contribution in [0.1, 0.15) is 23.2 Å². The molecule has 1 aliphatic rings. The molecule has 0 radical (unpaired) electrons. The van der Waals surface area contributed by atoms with E-state index in [0.717, 1.165) is 0 Å². The van der Waals surface area contributed by atoms with E-state index in [1.165, 1.54) is 19.2 Å². The summed E-state index contributed by atoms with van der Waals surface area (Å²) in [5.74, 6) is -1.42. The number of amides is 1. The molecule has 1 fully saturated rings. The van der Waals surface area contributed by atoms with E-state index >= 15 is 0 Å². The van der Waals surface area contributed by atoms with Gasteiger partial charge in [-0.2, -0.15) is 0 Å². The summed E-state index contributed by atoms with van der Waals surface area (Å²) in [4.78, 5) is 25.0. The molecule has 6 nitrogen and oxygen atoms in total. The number of carbonyl (C=O) groups is 2. The molecule has 3 N–H and O–H groups in total. The highest BCUT2D eigenvalue weighted by atomic mass is 19.1. The van der Waals surface area contributed by atoms with Crippen LogP contribution in [0.3, 0.4) is 0 Å². The van der Waals surface area contributed by atoms with Gasteiger partial charge in [0.15, 0.2) is 0 Å². The van der Waals surface area contributed by atoms with Crippen molar-refractivity contribution in [1.29, 1.82) is 0 Å². The largest absolute Gasteiger partial charge is 0.465 e. The van der Waals surface area contributed by atoms with Crippen LogP contribution < -0.4 is 16.0 Å². The number of esters is 1. The number of nitrogens with zero attached hydrogens (tertiary/aromatic N) is 1. The maximum atomic E-state index is 14.0. The Balaban J connectivity index is 2.16. The fraction of sp³-hybridized carbons (Fsp3) is 0.467. The highest BCUT2D eigenvalue weighted by Gasteiger charge is 2.26. The smallest absolute Gasteiger partial charge is 0.340 e. The summed E-state index contributed by atoms with van der Waals surface area (Å²) in [5.41, 5.74) is 6.62. The van der Waals surface area contributed by atoms with Crippen LogP contribution in [0, 0.1) is 11.7 Å². The van der Waals surface area contributed by atoms with Crippen LogP contribution in [0.25, 0.3) is 0 Å². The summed E-state index contributed by atoms with van der Waals surface area (Å²) in [7, 11) is 2.81. The fourth-order valence-electron chi connectivity index (χ4n) is 2.71. The highest BCUT2D eigenvalue weighted by molar-refractivity contribution is 5.92. The van der Waals surface area contributed by atoms with Gasteiger partial charge >= 0.3 is 5.97 Å². The molecule has 0 saturated carbocycles. The predicted molar refractivity (Wildman–Crippen MR) is 81.2 cm³/mol. The lowest BCUT2D eigenvalue weighted by Gasteiger charge is -2.33. The zero-order valence-corrected chi connectivity index (χ0v) is 12.7. The van der Waals surface area contributed by atoms with Crippen molar-refractivity contribution in [1.82, 2.24) is 5.32 Å². The van der Waals surface area contributed by atoms with Crippen LogP contribution in [0.2, 0.25) is 0 Å². The van der Waals surface area contributed by atoms with Gasteiger partial charge in [0, 0.05) is 32.1 Å². The third-order valence-electron chi connectivity index (χ3n) is 3.97. The average Bonchev–Trinajstić information content (AvgIpc) is 2.55. The molecule has 1 heterocycles. The van der Waals surface area contributed by atoms with Crippen molar-refractivity contribution in [2.24, 2.45) is 5.92 Å². The number of piperidine rings is 1.